The van der Waals surface area contributed by atoms with Gasteiger partial charge in [-0.15, -0.1) is 11.3 Å². The Morgan fingerprint density at radius 1 is 1.10 bits per heavy atom. The summed E-state index contributed by atoms with van der Waals surface area (Å²) in [5, 5.41) is 5.29. The lowest BCUT2D eigenvalue weighted by molar-refractivity contribution is -0.111. The van der Waals surface area contributed by atoms with E-state index < -0.39 is 0 Å². The zero-order valence-corrected chi connectivity index (χ0v) is 18.9. The Hall–Kier alpha value is -3.12. The SMILES string of the molecule is COc1ccc(-c2csc(NC(=O)/C=C/c3ccc(OCCCC(C)C)cc3)n2)cc1. The highest BCUT2D eigenvalue weighted by molar-refractivity contribution is 7.14. The van der Waals surface area contributed by atoms with E-state index in [2.05, 4.69) is 24.1 Å². The van der Waals surface area contributed by atoms with Crippen molar-refractivity contribution in [2.75, 3.05) is 19.0 Å². The molecule has 1 aromatic heterocycles. The molecule has 1 N–H and O–H groups in total. The molecule has 0 spiro atoms. The molecular formula is C25H28N2O3S. The van der Waals surface area contributed by atoms with Crippen LogP contribution in [-0.4, -0.2) is 24.6 Å². The topological polar surface area (TPSA) is 60.5 Å². The zero-order valence-electron chi connectivity index (χ0n) is 18.1. The number of nitrogens with zero attached hydrogens (tertiary/aromatic N) is 1. The van der Waals surface area contributed by atoms with Gasteiger partial charge in [0.05, 0.1) is 19.4 Å². The third kappa shape index (κ3) is 7.26. The Morgan fingerprint density at radius 3 is 2.48 bits per heavy atom. The molecule has 1 amide bonds. The van der Waals surface area contributed by atoms with Crippen LogP contribution in [0.25, 0.3) is 17.3 Å². The monoisotopic (exact) mass is 436 g/mol. The molecule has 0 saturated carbocycles. The van der Waals surface area contributed by atoms with E-state index in [9.17, 15) is 4.79 Å². The van der Waals surface area contributed by atoms with Gasteiger partial charge in [-0.25, -0.2) is 4.98 Å². The van der Waals surface area contributed by atoms with Crippen molar-refractivity contribution >= 4 is 28.5 Å². The summed E-state index contributed by atoms with van der Waals surface area (Å²) in [6.07, 6.45) is 5.50. The van der Waals surface area contributed by atoms with E-state index in [0.717, 1.165) is 47.8 Å². The smallest absolute Gasteiger partial charge is 0.250 e. The van der Waals surface area contributed by atoms with Gasteiger partial charge < -0.3 is 9.47 Å². The fourth-order valence-corrected chi connectivity index (χ4v) is 3.62. The number of nitrogens with one attached hydrogen (secondary N) is 1. The van der Waals surface area contributed by atoms with Crippen LogP contribution in [-0.2, 0) is 4.79 Å². The van der Waals surface area contributed by atoms with Gasteiger partial charge in [0.25, 0.3) is 0 Å². The predicted octanol–water partition coefficient (Wildman–Crippen LogP) is 6.29. The van der Waals surface area contributed by atoms with Crippen molar-refractivity contribution in [3.05, 3.63) is 65.6 Å². The molecule has 0 atom stereocenters. The standard InChI is InChI=1S/C25H28N2O3S/c1-18(2)5-4-16-30-22-11-6-19(7-12-22)8-15-24(28)27-25-26-23(17-31-25)20-9-13-21(29-3)14-10-20/h6-15,17-18H,4-5,16H2,1-3H3,(H,26,27,28)/b15-8+. The van der Waals surface area contributed by atoms with Crippen LogP contribution in [0.4, 0.5) is 5.13 Å². The number of methoxy groups -OCH3 is 1. The van der Waals surface area contributed by atoms with Crippen LogP contribution < -0.4 is 14.8 Å². The number of ether oxygens (including phenoxy) is 2. The number of carbonyl (C=O) groups is 1. The van der Waals surface area contributed by atoms with Gasteiger partial charge in [-0.05, 0) is 66.8 Å². The molecule has 162 valence electrons. The van der Waals surface area contributed by atoms with Gasteiger partial charge in [0.2, 0.25) is 5.91 Å². The van der Waals surface area contributed by atoms with Crippen LogP contribution in [0, 0.1) is 5.92 Å². The van der Waals surface area contributed by atoms with E-state index in [0.29, 0.717) is 11.0 Å². The summed E-state index contributed by atoms with van der Waals surface area (Å²) >= 11 is 1.39. The highest BCUT2D eigenvalue weighted by Crippen LogP contribution is 2.26. The summed E-state index contributed by atoms with van der Waals surface area (Å²) in [6.45, 7) is 5.15. The fraction of sp³-hybridized carbons (Fsp3) is 0.280. The molecule has 0 aliphatic rings. The maximum atomic E-state index is 12.2. The second-order valence-electron chi connectivity index (χ2n) is 7.54. The number of carbonyl (C=O) groups excluding carboxylic acids is 1. The number of anilines is 1. The van der Waals surface area contributed by atoms with Crippen LogP contribution in [0.2, 0.25) is 0 Å². The maximum absolute atomic E-state index is 12.2. The molecule has 0 aliphatic carbocycles. The average molecular weight is 437 g/mol. The quantitative estimate of drug-likeness (QED) is 0.300. The number of thiazole rings is 1. The molecule has 0 aliphatic heterocycles. The number of amides is 1. The Labute approximate surface area is 187 Å². The Kier molecular flexibility index (Phi) is 8.24. The van der Waals surface area contributed by atoms with E-state index in [1.807, 2.05) is 53.9 Å². The maximum Gasteiger partial charge on any atom is 0.250 e. The van der Waals surface area contributed by atoms with Crippen LogP contribution in [0.15, 0.2) is 60.0 Å². The Morgan fingerprint density at radius 2 is 1.81 bits per heavy atom. The molecular weight excluding hydrogens is 408 g/mol. The van der Waals surface area contributed by atoms with E-state index in [1.54, 1.807) is 13.2 Å². The van der Waals surface area contributed by atoms with Gasteiger partial charge >= 0.3 is 0 Å². The molecule has 31 heavy (non-hydrogen) atoms. The molecule has 0 radical (unpaired) electrons. The molecule has 6 heteroatoms. The molecule has 2 aromatic carbocycles. The summed E-state index contributed by atoms with van der Waals surface area (Å²) in [5.41, 5.74) is 2.72. The van der Waals surface area contributed by atoms with Crippen molar-refractivity contribution in [2.45, 2.75) is 26.7 Å². The minimum atomic E-state index is -0.218. The lowest BCUT2D eigenvalue weighted by Crippen LogP contribution is -2.07. The molecule has 0 fully saturated rings. The van der Waals surface area contributed by atoms with Crippen LogP contribution in [0.3, 0.4) is 0 Å². The van der Waals surface area contributed by atoms with Crippen LogP contribution in [0.5, 0.6) is 11.5 Å². The average Bonchev–Trinajstić information content (AvgIpc) is 3.24. The van der Waals surface area contributed by atoms with Crippen molar-refractivity contribution in [1.82, 2.24) is 4.98 Å². The molecule has 0 unspecified atom stereocenters. The number of rotatable bonds is 10. The van der Waals surface area contributed by atoms with Crippen molar-refractivity contribution in [2.24, 2.45) is 5.92 Å². The van der Waals surface area contributed by atoms with Gasteiger partial charge in [0.15, 0.2) is 5.13 Å². The molecule has 5 nitrogen and oxygen atoms in total. The van der Waals surface area contributed by atoms with E-state index in [1.165, 1.54) is 17.4 Å². The molecule has 0 saturated heterocycles. The van der Waals surface area contributed by atoms with Gasteiger partial charge in [-0.1, -0.05) is 26.0 Å². The molecule has 0 bridgehead atoms. The van der Waals surface area contributed by atoms with Crippen molar-refractivity contribution < 1.29 is 14.3 Å². The third-order valence-electron chi connectivity index (χ3n) is 4.62. The largest absolute Gasteiger partial charge is 0.497 e. The normalized spacial score (nSPS) is 11.1. The van der Waals surface area contributed by atoms with Gasteiger partial charge in [-0.2, -0.15) is 0 Å². The van der Waals surface area contributed by atoms with Crippen LogP contribution in [0.1, 0.15) is 32.3 Å². The summed E-state index contributed by atoms with van der Waals surface area (Å²) in [7, 11) is 1.64. The highest BCUT2D eigenvalue weighted by Gasteiger charge is 2.07. The minimum absolute atomic E-state index is 0.218. The first kappa shape index (κ1) is 22.6. The first-order chi connectivity index (χ1) is 15.0. The predicted molar refractivity (Wildman–Crippen MR) is 128 cm³/mol. The summed E-state index contributed by atoms with van der Waals surface area (Å²) in [6, 6.07) is 15.4. The molecule has 3 rings (SSSR count). The Bertz CT molecular complexity index is 992. The molecule has 1 heterocycles. The number of hydrogen-bond acceptors (Lipinski definition) is 5. The van der Waals surface area contributed by atoms with Crippen molar-refractivity contribution in [1.29, 1.82) is 0 Å². The van der Waals surface area contributed by atoms with Crippen molar-refractivity contribution in [3.8, 4) is 22.8 Å². The van der Waals surface area contributed by atoms with E-state index in [-0.39, 0.29) is 5.91 Å². The van der Waals surface area contributed by atoms with Gasteiger partial charge in [0.1, 0.15) is 11.5 Å². The Balaban J connectivity index is 1.49. The fourth-order valence-electron chi connectivity index (χ4n) is 2.90. The van der Waals surface area contributed by atoms with Crippen LogP contribution >= 0.6 is 11.3 Å². The van der Waals surface area contributed by atoms with Gasteiger partial charge in [0, 0.05) is 17.0 Å². The summed E-state index contributed by atoms with van der Waals surface area (Å²) < 4.78 is 10.9. The number of hydrogen-bond donors (Lipinski definition) is 1. The van der Waals surface area contributed by atoms with E-state index in [4.69, 9.17) is 9.47 Å². The lowest BCUT2D eigenvalue weighted by atomic mass is 10.1. The minimum Gasteiger partial charge on any atom is -0.497 e. The third-order valence-corrected chi connectivity index (χ3v) is 5.38. The first-order valence-electron chi connectivity index (χ1n) is 10.4. The van der Waals surface area contributed by atoms with E-state index >= 15 is 0 Å². The number of aromatic nitrogens is 1. The first-order valence-corrected chi connectivity index (χ1v) is 11.2. The second kappa shape index (κ2) is 11.3. The highest BCUT2D eigenvalue weighted by atomic mass is 32.1. The zero-order chi connectivity index (χ0) is 22.1. The lowest BCUT2D eigenvalue weighted by Gasteiger charge is -2.07. The van der Waals surface area contributed by atoms with Crippen molar-refractivity contribution in [3.63, 3.8) is 0 Å². The molecule has 3 aromatic rings. The number of benzene rings is 2. The summed E-state index contributed by atoms with van der Waals surface area (Å²) in [5.74, 6) is 2.12. The second-order valence-corrected chi connectivity index (χ2v) is 8.40. The summed E-state index contributed by atoms with van der Waals surface area (Å²) in [4.78, 5) is 16.7. The van der Waals surface area contributed by atoms with Gasteiger partial charge in [-0.3, -0.25) is 10.1 Å².